The molecule has 1 atom stereocenters. The number of carboxylic acid groups (broad SMARTS) is 1. The second-order valence-corrected chi connectivity index (χ2v) is 8.95. The fraction of sp³-hybridized carbons (Fsp3) is 0.200. The first-order chi connectivity index (χ1) is 16.1. The van der Waals surface area contributed by atoms with Crippen LogP contribution in [0.5, 0.6) is 0 Å². The van der Waals surface area contributed by atoms with E-state index >= 15 is 0 Å². The lowest BCUT2D eigenvalue weighted by Gasteiger charge is -2.22. The Morgan fingerprint density at radius 3 is 2.30 bits per heavy atom. The number of carbonyl (C=O) groups is 1. The summed E-state index contributed by atoms with van der Waals surface area (Å²) in [5.41, 5.74) is 4.55. The standard InChI is InChI=1S/C25H21FN4O2S/c26-20-9-7-17(8-10-20)16-3-5-18(6-4-16)23-24(19-13-27-15-28-14-19)33-25(29-23)30-11-1-2-21(30)12-22(31)32/h3-10,13-15,21H,1-2,11-12H2,(H,31,32). The van der Waals surface area contributed by atoms with Gasteiger partial charge in [-0.05, 0) is 36.1 Å². The molecule has 8 heteroatoms. The van der Waals surface area contributed by atoms with Crippen LogP contribution in [0.1, 0.15) is 19.3 Å². The molecular formula is C25H21FN4O2S. The maximum atomic E-state index is 13.3. The van der Waals surface area contributed by atoms with Gasteiger partial charge in [-0.1, -0.05) is 47.7 Å². The Balaban J connectivity index is 1.53. The van der Waals surface area contributed by atoms with Gasteiger partial charge in [0, 0.05) is 36.1 Å². The summed E-state index contributed by atoms with van der Waals surface area (Å²) in [5, 5.41) is 10.1. The molecule has 0 amide bonds. The third-order valence-corrected chi connectivity index (χ3v) is 6.95. The van der Waals surface area contributed by atoms with Gasteiger partial charge in [0.15, 0.2) is 5.13 Å². The zero-order chi connectivity index (χ0) is 22.8. The molecule has 6 nitrogen and oxygen atoms in total. The van der Waals surface area contributed by atoms with E-state index in [-0.39, 0.29) is 18.3 Å². The van der Waals surface area contributed by atoms with E-state index < -0.39 is 5.97 Å². The summed E-state index contributed by atoms with van der Waals surface area (Å²) in [7, 11) is 0. The van der Waals surface area contributed by atoms with Crippen LogP contribution in [0.2, 0.25) is 0 Å². The number of anilines is 1. The minimum atomic E-state index is -0.795. The van der Waals surface area contributed by atoms with Gasteiger partial charge < -0.3 is 10.0 Å². The SMILES string of the molecule is O=C(O)CC1CCCN1c1nc(-c2ccc(-c3ccc(F)cc3)cc2)c(-c2cncnc2)s1. The highest BCUT2D eigenvalue weighted by atomic mass is 32.1. The number of hydrogen-bond acceptors (Lipinski definition) is 6. The van der Waals surface area contributed by atoms with E-state index in [2.05, 4.69) is 14.9 Å². The Hall–Kier alpha value is -3.65. The molecule has 1 saturated heterocycles. The summed E-state index contributed by atoms with van der Waals surface area (Å²) >= 11 is 1.54. The summed E-state index contributed by atoms with van der Waals surface area (Å²) in [6, 6.07) is 14.4. The molecule has 1 aliphatic heterocycles. The van der Waals surface area contributed by atoms with Gasteiger partial charge in [-0.3, -0.25) is 4.79 Å². The van der Waals surface area contributed by atoms with Crippen molar-refractivity contribution in [3.8, 4) is 32.8 Å². The summed E-state index contributed by atoms with van der Waals surface area (Å²) in [6.45, 7) is 0.791. The number of rotatable bonds is 6. The van der Waals surface area contributed by atoms with Gasteiger partial charge in [0.05, 0.1) is 17.0 Å². The Kier molecular flexibility index (Phi) is 5.83. The monoisotopic (exact) mass is 460 g/mol. The third-order valence-electron chi connectivity index (χ3n) is 5.81. The van der Waals surface area contributed by atoms with Crippen LogP contribution in [-0.2, 0) is 4.79 Å². The zero-order valence-electron chi connectivity index (χ0n) is 17.7. The van der Waals surface area contributed by atoms with E-state index in [0.29, 0.717) is 0 Å². The molecule has 2 aromatic carbocycles. The maximum absolute atomic E-state index is 13.3. The lowest BCUT2D eigenvalue weighted by Crippen LogP contribution is -2.31. The van der Waals surface area contributed by atoms with Crippen LogP contribution in [-0.4, -0.2) is 38.6 Å². The molecule has 1 aliphatic rings. The molecule has 0 saturated carbocycles. The molecule has 0 bridgehead atoms. The van der Waals surface area contributed by atoms with Gasteiger partial charge in [-0.2, -0.15) is 0 Å². The molecular weight excluding hydrogens is 439 g/mol. The number of carboxylic acids is 1. The predicted octanol–water partition coefficient (Wildman–Crippen LogP) is 5.52. The summed E-state index contributed by atoms with van der Waals surface area (Å²) < 4.78 is 13.3. The van der Waals surface area contributed by atoms with Crippen LogP contribution in [0.15, 0.2) is 67.3 Å². The van der Waals surface area contributed by atoms with Gasteiger partial charge >= 0.3 is 5.97 Å². The molecule has 3 heterocycles. The Morgan fingerprint density at radius 1 is 1.00 bits per heavy atom. The Labute approximate surface area is 194 Å². The molecule has 2 aromatic heterocycles. The molecule has 0 spiro atoms. The molecule has 1 unspecified atom stereocenters. The highest BCUT2D eigenvalue weighted by Crippen LogP contribution is 2.42. The normalized spacial score (nSPS) is 15.7. The van der Waals surface area contributed by atoms with Crippen molar-refractivity contribution in [1.82, 2.24) is 15.0 Å². The van der Waals surface area contributed by atoms with Crippen molar-refractivity contribution in [3.63, 3.8) is 0 Å². The van der Waals surface area contributed by atoms with Crippen LogP contribution in [0.3, 0.4) is 0 Å². The molecule has 166 valence electrons. The number of halogens is 1. The molecule has 5 rings (SSSR count). The molecule has 0 aliphatic carbocycles. The van der Waals surface area contributed by atoms with Crippen molar-refractivity contribution >= 4 is 22.4 Å². The van der Waals surface area contributed by atoms with Crippen molar-refractivity contribution in [3.05, 3.63) is 73.1 Å². The minimum absolute atomic E-state index is 0.0535. The van der Waals surface area contributed by atoms with Gasteiger partial charge in [-0.15, -0.1) is 0 Å². The maximum Gasteiger partial charge on any atom is 0.305 e. The Morgan fingerprint density at radius 2 is 1.64 bits per heavy atom. The largest absolute Gasteiger partial charge is 0.481 e. The predicted molar refractivity (Wildman–Crippen MR) is 127 cm³/mol. The first kappa shape index (κ1) is 21.2. The van der Waals surface area contributed by atoms with Crippen LogP contribution in [0.25, 0.3) is 32.8 Å². The lowest BCUT2D eigenvalue weighted by molar-refractivity contribution is -0.137. The smallest absolute Gasteiger partial charge is 0.305 e. The molecule has 33 heavy (non-hydrogen) atoms. The molecule has 0 radical (unpaired) electrons. The first-order valence-electron chi connectivity index (χ1n) is 10.7. The summed E-state index contributed by atoms with van der Waals surface area (Å²) in [6.07, 6.45) is 6.91. The molecule has 4 aromatic rings. The average Bonchev–Trinajstić information content (AvgIpc) is 3.47. The van der Waals surface area contributed by atoms with Crippen LogP contribution >= 0.6 is 11.3 Å². The van der Waals surface area contributed by atoms with E-state index in [1.165, 1.54) is 29.8 Å². The van der Waals surface area contributed by atoms with E-state index in [1.807, 2.05) is 24.3 Å². The van der Waals surface area contributed by atoms with E-state index in [0.717, 1.165) is 57.3 Å². The number of aromatic nitrogens is 3. The highest BCUT2D eigenvalue weighted by Gasteiger charge is 2.30. The highest BCUT2D eigenvalue weighted by molar-refractivity contribution is 7.19. The van der Waals surface area contributed by atoms with Crippen molar-refractivity contribution in [2.24, 2.45) is 0 Å². The van der Waals surface area contributed by atoms with E-state index in [9.17, 15) is 14.3 Å². The number of nitrogens with zero attached hydrogens (tertiary/aromatic N) is 4. The van der Waals surface area contributed by atoms with Gasteiger partial charge in [-0.25, -0.2) is 19.3 Å². The second kappa shape index (κ2) is 9.07. The van der Waals surface area contributed by atoms with Crippen LogP contribution < -0.4 is 4.90 Å². The molecule has 1 fully saturated rings. The average molecular weight is 461 g/mol. The number of benzene rings is 2. The zero-order valence-corrected chi connectivity index (χ0v) is 18.5. The number of hydrogen-bond donors (Lipinski definition) is 1. The lowest BCUT2D eigenvalue weighted by atomic mass is 10.0. The molecule has 1 N–H and O–H groups in total. The van der Waals surface area contributed by atoms with Gasteiger partial charge in [0.2, 0.25) is 0 Å². The van der Waals surface area contributed by atoms with Crippen molar-refractivity contribution in [2.75, 3.05) is 11.4 Å². The third kappa shape index (κ3) is 4.47. The summed E-state index contributed by atoms with van der Waals surface area (Å²) in [5.74, 6) is -1.06. The van der Waals surface area contributed by atoms with Crippen molar-refractivity contribution < 1.29 is 14.3 Å². The quantitative estimate of drug-likeness (QED) is 0.408. The second-order valence-electron chi connectivity index (χ2n) is 7.97. The fourth-order valence-electron chi connectivity index (χ4n) is 4.20. The van der Waals surface area contributed by atoms with Crippen molar-refractivity contribution in [1.29, 1.82) is 0 Å². The fourth-order valence-corrected chi connectivity index (χ4v) is 5.36. The topological polar surface area (TPSA) is 79.2 Å². The Bertz CT molecular complexity index is 1260. The van der Waals surface area contributed by atoms with Gasteiger partial charge in [0.1, 0.15) is 12.1 Å². The summed E-state index contributed by atoms with van der Waals surface area (Å²) in [4.78, 5) is 27.7. The number of thiazole rings is 1. The first-order valence-corrected chi connectivity index (χ1v) is 11.5. The van der Waals surface area contributed by atoms with Crippen molar-refractivity contribution in [2.45, 2.75) is 25.3 Å². The van der Waals surface area contributed by atoms with E-state index in [1.54, 1.807) is 24.5 Å². The van der Waals surface area contributed by atoms with Gasteiger partial charge in [0.25, 0.3) is 0 Å². The van der Waals surface area contributed by atoms with E-state index in [4.69, 9.17) is 4.98 Å². The number of aliphatic carboxylic acids is 1. The van der Waals surface area contributed by atoms with Crippen LogP contribution in [0.4, 0.5) is 9.52 Å². The minimum Gasteiger partial charge on any atom is -0.481 e. The van der Waals surface area contributed by atoms with Crippen LogP contribution in [0, 0.1) is 5.82 Å².